The van der Waals surface area contributed by atoms with Crippen LogP contribution in [0.15, 0.2) is 60.7 Å². The number of para-hydroxylation sites is 1. The van der Waals surface area contributed by atoms with E-state index in [1.54, 1.807) is 48.5 Å². The molecule has 2 aromatic carbocycles. The minimum Gasteiger partial charge on any atom is -0.496 e. The van der Waals surface area contributed by atoms with Crippen molar-refractivity contribution in [1.82, 2.24) is 4.98 Å². The Morgan fingerprint density at radius 1 is 0.935 bits per heavy atom. The van der Waals surface area contributed by atoms with Crippen molar-refractivity contribution in [2.24, 2.45) is 0 Å². The molecule has 3 rings (SSSR count). The number of aromatic amines is 1. The number of methoxy groups -OCH3 is 2. The van der Waals surface area contributed by atoms with Gasteiger partial charge in [0.2, 0.25) is 11.7 Å². The lowest BCUT2D eigenvalue weighted by molar-refractivity contribution is -0.143. The van der Waals surface area contributed by atoms with E-state index in [9.17, 15) is 14.4 Å². The van der Waals surface area contributed by atoms with Crippen LogP contribution in [0.4, 0.5) is 5.82 Å². The molecule has 3 aromatic rings. The Hall–Kier alpha value is -3.87. The second-order valence-electron chi connectivity index (χ2n) is 7.01. The topological polar surface area (TPSA) is 88.7 Å². The molecular weight excluding hydrogens is 396 g/mol. The van der Waals surface area contributed by atoms with Gasteiger partial charge in [-0.1, -0.05) is 48.0 Å². The van der Waals surface area contributed by atoms with E-state index in [1.165, 1.54) is 26.0 Å². The molecule has 0 aliphatic rings. The summed E-state index contributed by atoms with van der Waals surface area (Å²) >= 11 is 0. The first kappa shape index (κ1) is 21.8. The number of benzene rings is 2. The zero-order chi connectivity index (χ0) is 22.5. The maximum absolute atomic E-state index is 12.8. The van der Waals surface area contributed by atoms with Gasteiger partial charge >= 0.3 is 5.97 Å². The number of nitrogens with zero attached hydrogens (tertiary/aromatic N) is 1. The fraction of sp³-hybridized carbons (Fsp3) is 0.208. The van der Waals surface area contributed by atoms with Crippen molar-refractivity contribution in [2.75, 3.05) is 19.1 Å². The van der Waals surface area contributed by atoms with Crippen LogP contribution in [0.1, 0.15) is 40.1 Å². The molecule has 160 valence electrons. The summed E-state index contributed by atoms with van der Waals surface area (Å²) in [5.74, 6) is -0.532. The summed E-state index contributed by atoms with van der Waals surface area (Å²) in [5.41, 5.74) is 2.33. The van der Waals surface area contributed by atoms with Gasteiger partial charge in [0.25, 0.3) is 0 Å². The first-order chi connectivity index (χ1) is 14.9. The average molecular weight is 420 g/mol. The first-order valence-corrected chi connectivity index (χ1v) is 9.68. The van der Waals surface area contributed by atoms with Gasteiger partial charge in [-0.05, 0) is 25.1 Å². The Labute approximate surface area is 180 Å². The number of carbonyl (C=O) groups is 3. The van der Waals surface area contributed by atoms with Gasteiger partial charge in [-0.15, -0.1) is 0 Å². The fourth-order valence-corrected chi connectivity index (χ4v) is 3.38. The number of aromatic nitrogens is 1. The number of hydrogen-bond donors (Lipinski definition) is 1. The highest BCUT2D eigenvalue weighted by atomic mass is 16.5. The molecular formula is C24H24N2O5. The van der Waals surface area contributed by atoms with Gasteiger partial charge in [-0.2, -0.15) is 0 Å². The van der Waals surface area contributed by atoms with E-state index in [0.717, 1.165) is 5.56 Å². The quantitative estimate of drug-likeness (QED) is 0.464. The lowest BCUT2D eigenvalue weighted by atomic mass is 10.0. The molecule has 0 saturated carbocycles. The van der Waals surface area contributed by atoms with Gasteiger partial charge in [-0.3, -0.25) is 14.5 Å². The maximum atomic E-state index is 12.8. The maximum Gasteiger partial charge on any atom is 0.333 e. The number of anilines is 1. The van der Waals surface area contributed by atoms with Crippen molar-refractivity contribution in [3.8, 4) is 5.75 Å². The summed E-state index contributed by atoms with van der Waals surface area (Å²) in [6.07, 6.45) is 0. The number of ether oxygens (including phenoxy) is 2. The molecule has 0 bridgehead atoms. The Morgan fingerprint density at radius 2 is 1.61 bits per heavy atom. The third-order valence-electron chi connectivity index (χ3n) is 4.94. The van der Waals surface area contributed by atoms with Crippen LogP contribution in [0.3, 0.4) is 0 Å². The van der Waals surface area contributed by atoms with Crippen LogP contribution >= 0.6 is 0 Å². The molecule has 7 nitrogen and oxygen atoms in total. The fourth-order valence-electron chi connectivity index (χ4n) is 3.38. The number of rotatable bonds is 7. The number of hydrogen-bond acceptors (Lipinski definition) is 5. The zero-order valence-corrected chi connectivity index (χ0v) is 17.8. The summed E-state index contributed by atoms with van der Waals surface area (Å²) in [4.78, 5) is 42.5. The van der Waals surface area contributed by atoms with Gasteiger partial charge in [0.1, 0.15) is 11.6 Å². The van der Waals surface area contributed by atoms with Gasteiger partial charge in [0, 0.05) is 18.1 Å². The third kappa shape index (κ3) is 4.50. The molecule has 0 aliphatic heterocycles. The van der Waals surface area contributed by atoms with E-state index in [1.807, 2.05) is 19.1 Å². The predicted octanol–water partition coefficient (Wildman–Crippen LogP) is 3.83. The summed E-state index contributed by atoms with van der Waals surface area (Å²) in [5, 5.41) is 0. The molecule has 0 saturated heterocycles. The largest absolute Gasteiger partial charge is 0.496 e. The normalized spacial score (nSPS) is 11.5. The SMILES string of the molecule is COC(=O)C(c1ccccc1OC)N(C(C)=O)c1ccc(C(=O)c2ccc(C)cc2)[nH]1. The molecule has 1 aromatic heterocycles. The second kappa shape index (κ2) is 9.30. The molecule has 1 unspecified atom stereocenters. The minimum atomic E-state index is -1.10. The number of ketones is 1. The zero-order valence-electron chi connectivity index (χ0n) is 17.8. The van der Waals surface area contributed by atoms with E-state index in [4.69, 9.17) is 9.47 Å². The lowest BCUT2D eigenvalue weighted by Crippen LogP contribution is -2.39. The predicted molar refractivity (Wildman–Crippen MR) is 116 cm³/mol. The summed E-state index contributed by atoms with van der Waals surface area (Å²) in [6, 6.07) is 16.2. The minimum absolute atomic E-state index is 0.221. The molecule has 1 atom stereocenters. The van der Waals surface area contributed by atoms with Gasteiger partial charge in [-0.25, -0.2) is 4.79 Å². The number of H-pyrrole nitrogens is 1. The standard InChI is InChI=1S/C24H24N2O5/c1-15-9-11-17(12-10-15)23(28)19-13-14-21(25-19)26(16(2)27)22(24(29)31-4)18-7-5-6-8-20(18)30-3/h5-14,22,25H,1-4H3. The van der Waals surface area contributed by atoms with Crippen molar-refractivity contribution in [3.05, 3.63) is 83.0 Å². The van der Waals surface area contributed by atoms with Crippen LogP contribution in [0, 0.1) is 6.92 Å². The number of carbonyl (C=O) groups excluding carboxylic acids is 3. The molecule has 0 spiro atoms. The second-order valence-corrected chi connectivity index (χ2v) is 7.01. The Kier molecular flexibility index (Phi) is 6.55. The van der Waals surface area contributed by atoms with Gasteiger partial charge < -0.3 is 14.5 Å². The molecule has 7 heteroatoms. The number of nitrogens with one attached hydrogen (secondary N) is 1. The average Bonchev–Trinajstić information content (AvgIpc) is 3.26. The van der Waals surface area contributed by atoms with Crippen LogP contribution in [0.25, 0.3) is 0 Å². The monoisotopic (exact) mass is 420 g/mol. The number of esters is 1. The number of aryl methyl sites for hydroxylation is 1. The van der Waals surface area contributed by atoms with Crippen molar-refractivity contribution < 1.29 is 23.9 Å². The molecule has 1 amide bonds. The van der Waals surface area contributed by atoms with Crippen LogP contribution in [-0.2, 0) is 14.3 Å². The van der Waals surface area contributed by atoms with Gasteiger partial charge in [0.15, 0.2) is 6.04 Å². The van der Waals surface area contributed by atoms with Crippen LogP contribution < -0.4 is 9.64 Å². The van der Waals surface area contributed by atoms with E-state index < -0.39 is 17.9 Å². The highest BCUT2D eigenvalue weighted by molar-refractivity contribution is 6.08. The lowest BCUT2D eigenvalue weighted by Gasteiger charge is -2.29. The van der Waals surface area contributed by atoms with E-state index in [0.29, 0.717) is 28.4 Å². The van der Waals surface area contributed by atoms with Gasteiger partial charge in [0.05, 0.1) is 19.9 Å². The van der Waals surface area contributed by atoms with E-state index in [-0.39, 0.29) is 5.78 Å². The van der Waals surface area contributed by atoms with Crippen LogP contribution in [-0.4, -0.2) is 36.9 Å². The van der Waals surface area contributed by atoms with Crippen LogP contribution in [0.5, 0.6) is 5.75 Å². The molecule has 0 aliphatic carbocycles. The molecule has 1 N–H and O–H groups in total. The van der Waals surface area contributed by atoms with Crippen LogP contribution in [0.2, 0.25) is 0 Å². The Balaban J connectivity index is 2.04. The first-order valence-electron chi connectivity index (χ1n) is 9.68. The highest BCUT2D eigenvalue weighted by Gasteiger charge is 2.35. The van der Waals surface area contributed by atoms with Crippen molar-refractivity contribution >= 4 is 23.5 Å². The summed E-state index contributed by atoms with van der Waals surface area (Å²) < 4.78 is 10.4. The highest BCUT2D eigenvalue weighted by Crippen LogP contribution is 2.33. The Bertz CT molecular complexity index is 1100. The molecule has 31 heavy (non-hydrogen) atoms. The third-order valence-corrected chi connectivity index (χ3v) is 4.94. The molecule has 0 fully saturated rings. The van der Waals surface area contributed by atoms with Crippen molar-refractivity contribution in [3.63, 3.8) is 0 Å². The van der Waals surface area contributed by atoms with Crippen molar-refractivity contribution in [1.29, 1.82) is 0 Å². The van der Waals surface area contributed by atoms with Crippen molar-refractivity contribution in [2.45, 2.75) is 19.9 Å². The van der Waals surface area contributed by atoms with E-state index in [2.05, 4.69) is 4.98 Å². The molecule has 0 radical (unpaired) electrons. The summed E-state index contributed by atoms with van der Waals surface area (Å²) in [7, 11) is 2.74. The molecule has 1 heterocycles. The Morgan fingerprint density at radius 3 is 2.23 bits per heavy atom. The number of amides is 1. The summed E-state index contributed by atoms with van der Waals surface area (Å²) in [6.45, 7) is 3.28. The van der Waals surface area contributed by atoms with E-state index >= 15 is 0 Å². The smallest absolute Gasteiger partial charge is 0.333 e.